The van der Waals surface area contributed by atoms with Crippen LogP contribution < -0.4 is 10.2 Å². The van der Waals surface area contributed by atoms with Gasteiger partial charge < -0.3 is 10.2 Å². The Morgan fingerprint density at radius 1 is 1.04 bits per heavy atom. The van der Waals surface area contributed by atoms with Crippen molar-refractivity contribution in [1.29, 1.82) is 0 Å². The Morgan fingerprint density at radius 2 is 1.74 bits per heavy atom. The van der Waals surface area contributed by atoms with Gasteiger partial charge in [-0.25, -0.2) is 0 Å². The third-order valence-electron chi connectivity index (χ3n) is 4.63. The van der Waals surface area contributed by atoms with Gasteiger partial charge in [-0.15, -0.1) is 11.8 Å². The van der Waals surface area contributed by atoms with Gasteiger partial charge in [0.2, 0.25) is 11.8 Å². The average molecular weight is 383 g/mol. The molecular formula is C22H26N2O2S. The van der Waals surface area contributed by atoms with Crippen LogP contribution in [-0.2, 0) is 15.0 Å². The standard InChI is InChI=1S/C22H26N2O2S/c1-22(2,3)16-8-10-17(11-9-16)23-20(25)12-13-21(26)24-14-15-27-19-7-5-4-6-18(19)24/h4-11H,12-15H2,1-3H3,(H,23,25). The SMILES string of the molecule is CC(C)(C)c1ccc(NC(=O)CCC(=O)N2CCSc3ccccc32)cc1. The number of nitrogens with zero attached hydrogens (tertiary/aromatic N) is 1. The minimum Gasteiger partial charge on any atom is -0.326 e. The van der Waals surface area contributed by atoms with Crippen molar-refractivity contribution in [2.75, 3.05) is 22.5 Å². The van der Waals surface area contributed by atoms with E-state index in [1.165, 1.54) is 5.56 Å². The number of carbonyl (C=O) groups is 2. The van der Waals surface area contributed by atoms with Gasteiger partial charge in [0.05, 0.1) is 5.69 Å². The number of nitrogens with one attached hydrogen (secondary N) is 1. The highest BCUT2D eigenvalue weighted by atomic mass is 32.2. The molecule has 2 aromatic carbocycles. The summed E-state index contributed by atoms with van der Waals surface area (Å²) in [5.41, 5.74) is 3.02. The summed E-state index contributed by atoms with van der Waals surface area (Å²) >= 11 is 1.77. The molecule has 0 saturated carbocycles. The smallest absolute Gasteiger partial charge is 0.227 e. The average Bonchev–Trinajstić information content (AvgIpc) is 2.65. The quantitative estimate of drug-likeness (QED) is 0.823. The molecule has 0 aromatic heterocycles. The van der Waals surface area contributed by atoms with E-state index in [1.807, 2.05) is 48.5 Å². The second-order valence-electron chi connectivity index (χ2n) is 7.74. The third kappa shape index (κ3) is 4.92. The monoisotopic (exact) mass is 382 g/mol. The van der Waals surface area contributed by atoms with Crippen LogP contribution in [0.3, 0.4) is 0 Å². The Kier molecular flexibility index (Phi) is 5.90. The van der Waals surface area contributed by atoms with Crippen molar-refractivity contribution in [1.82, 2.24) is 0 Å². The first kappa shape index (κ1) is 19.5. The van der Waals surface area contributed by atoms with E-state index in [2.05, 4.69) is 26.1 Å². The van der Waals surface area contributed by atoms with Crippen LogP contribution in [0.4, 0.5) is 11.4 Å². The van der Waals surface area contributed by atoms with Crippen molar-refractivity contribution in [2.24, 2.45) is 0 Å². The molecule has 0 atom stereocenters. The highest BCUT2D eigenvalue weighted by Crippen LogP contribution is 2.34. The second-order valence-corrected chi connectivity index (χ2v) is 8.87. The molecule has 142 valence electrons. The van der Waals surface area contributed by atoms with Gasteiger partial charge in [0.25, 0.3) is 0 Å². The molecule has 2 amide bonds. The number of benzene rings is 2. The predicted octanol–water partition coefficient (Wildman–Crippen LogP) is 4.84. The van der Waals surface area contributed by atoms with Gasteiger partial charge in [-0.05, 0) is 35.2 Å². The number of rotatable bonds is 4. The van der Waals surface area contributed by atoms with Crippen molar-refractivity contribution in [3.63, 3.8) is 0 Å². The number of hydrogen-bond donors (Lipinski definition) is 1. The molecule has 0 spiro atoms. The third-order valence-corrected chi connectivity index (χ3v) is 5.67. The molecule has 27 heavy (non-hydrogen) atoms. The lowest BCUT2D eigenvalue weighted by Crippen LogP contribution is -2.35. The molecule has 0 fully saturated rings. The molecule has 1 N–H and O–H groups in total. The molecule has 0 saturated heterocycles. The van der Waals surface area contributed by atoms with Gasteiger partial charge in [0, 0.05) is 35.7 Å². The summed E-state index contributed by atoms with van der Waals surface area (Å²) in [6.07, 6.45) is 0.399. The summed E-state index contributed by atoms with van der Waals surface area (Å²) in [5.74, 6) is 0.752. The Bertz CT molecular complexity index is 825. The fourth-order valence-electron chi connectivity index (χ4n) is 3.06. The first-order chi connectivity index (χ1) is 12.8. The minimum atomic E-state index is -0.133. The molecule has 2 aromatic rings. The lowest BCUT2D eigenvalue weighted by Gasteiger charge is -2.29. The summed E-state index contributed by atoms with van der Waals surface area (Å²) in [6.45, 7) is 7.16. The molecule has 1 heterocycles. The zero-order chi connectivity index (χ0) is 19.4. The van der Waals surface area contributed by atoms with Crippen molar-refractivity contribution >= 4 is 35.0 Å². The highest BCUT2D eigenvalue weighted by molar-refractivity contribution is 7.99. The van der Waals surface area contributed by atoms with E-state index in [4.69, 9.17) is 0 Å². The zero-order valence-corrected chi connectivity index (χ0v) is 16.9. The maximum atomic E-state index is 12.6. The maximum Gasteiger partial charge on any atom is 0.227 e. The molecular weight excluding hydrogens is 356 g/mol. The molecule has 0 bridgehead atoms. The summed E-state index contributed by atoms with van der Waals surface area (Å²) in [5, 5.41) is 2.88. The van der Waals surface area contributed by atoms with E-state index in [1.54, 1.807) is 16.7 Å². The van der Waals surface area contributed by atoms with Crippen LogP contribution in [0.2, 0.25) is 0 Å². The number of thioether (sulfide) groups is 1. The number of hydrogen-bond acceptors (Lipinski definition) is 3. The Hall–Kier alpha value is -2.27. The van der Waals surface area contributed by atoms with Gasteiger partial charge in [-0.3, -0.25) is 9.59 Å². The van der Waals surface area contributed by atoms with Crippen molar-refractivity contribution < 1.29 is 9.59 Å². The van der Waals surface area contributed by atoms with Crippen LogP contribution in [-0.4, -0.2) is 24.1 Å². The molecule has 3 rings (SSSR count). The second kappa shape index (κ2) is 8.17. The first-order valence-electron chi connectivity index (χ1n) is 9.27. The van der Waals surface area contributed by atoms with Crippen LogP contribution >= 0.6 is 11.8 Å². The number of fused-ring (bicyclic) bond motifs is 1. The Morgan fingerprint density at radius 3 is 2.44 bits per heavy atom. The molecule has 4 nitrogen and oxygen atoms in total. The summed E-state index contributed by atoms with van der Waals surface area (Å²) in [4.78, 5) is 27.8. The van der Waals surface area contributed by atoms with Crippen LogP contribution in [0, 0.1) is 0 Å². The predicted molar refractivity (Wildman–Crippen MR) is 113 cm³/mol. The molecule has 0 radical (unpaired) electrons. The lowest BCUT2D eigenvalue weighted by molar-refractivity contribution is -0.122. The molecule has 1 aliphatic heterocycles. The molecule has 1 aliphatic rings. The van der Waals surface area contributed by atoms with Gasteiger partial charge in [-0.1, -0.05) is 45.0 Å². The van der Waals surface area contributed by atoms with E-state index in [-0.39, 0.29) is 30.1 Å². The van der Waals surface area contributed by atoms with Crippen LogP contribution in [0.15, 0.2) is 53.4 Å². The van der Waals surface area contributed by atoms with E-state index in [0.717, 1.165) is 22.0 Å². The lowest BCUT2D eigenvalue weighted by atomic mass is 9.87. The Labute approximate surface area is 165 Å². The van der Waals surface area contributed by atoms with Crippen molar-refractivity contribution in [2.45, 2.75) is 43.9 Å². The minimum absolute atomic E-state index is 0.000908. The fraction of sp³-hybridized carbons (Fsp3) is 0.364. The van der Waals surface area contributed by atoms with Gasteiger partial charge >= 0.3 is 0 Å². The van der Waals surface area contributed by atoms with E-state index < -0.39 is 0 Å². The van der Waals surface area contributed by atoms with E-state index >= 15 is 0 Å². The van der Waals surface area contributed by atoms with Crippen molar-refractivity contribution in [3.05, 3.63) is 54.1 Å². The van der Waals surface area contributed by atoms with Gasteiger partial charge in [0.1, 0.15) is 0 Å². The molecule has 0 unspecified atom stereocenters. The number of anilines is 2. The first-order valence-corrected chi connectivity index (χ1v) is 10.3. The van der Waals surface area contributed by atoms with E-state index in [9.17, 15) is 9.59 Å². The van der Waals surface area contributed by atoms with E-state index in [0.29, 0.717) is 6.54 Å². The summed E-state index contributed by atoms with van der Waals surface area (Å²) in [7, 11) is 0. The normalized spacial score (nSPS) is 13.8. The zero-order valence-electron chi connectivity index (χ0n) is 16.1. The number of amides is 2. The fourth-order valence-corrected chi connectivity index (χ4v) is 4.06. The van der Waals surface area contributed by atoms with Gasteiger partial charge in [0.15, 0.2) is 0 Å². The Balaban J connectivity index is 1.54. The van der Waals surface area contributed by atoms with Crippen LogP contribution in [0.1, 0.15) is 39.2 Å². The summed E-state index contributed by atoms with van der Waals surface area (Å²) < 4.78 is 0. The van der Waals surface area contributed by atoms with Crippen LogP contribution in [0.25, 0.3) is 0 Å². The number of carbonyl (C=O) groups excluding carboxylic acids is 2. The number of para-hydroxylation sites is 1. The highest BCUT2D eigenvalue weighted by Gasteiger charge is 2.23. The topological polar surface area (TPSA) is 49.4 Å². The molecule has 5 heteroatoms. The van der Waals surface area contributed by atoms with Gasteiger partial charge in [-0.2, -0.15) is 0 Å². The maximum absolute atomic E-state index is 12.6. The largest absolute Gasteiger partial charge is 0.326 e. The summed E-state index contributed by atoms with van der Waals surface area (Å²) in [6, 6.07) is 15.8. The van der Waals surface area contributed by atoms with Crippen LogP contribution in [0.5, 0.6) is 0 Å². The van der Waals surface area contributed by atoms with Crippen molar-refractivity contribution in [3.8, 4) is 0 Å². The molecule has 0 aliphatic carbocycles.